The van der Waals surface area contributed by atoms with Gasteiger partial charge in [-0.3, -0.25) is 4.79 Å². The molecule has 2 rings (SSSR count). The van der Waals surface area contributed by atoms with E-state index in [9.17, 15) is 4.79 Å². The van der Waals surface area contributed by atoms with Crippen LogP contribution in [-0.4, -0.2) is 11.7 Å². The second-order valence-electron chi connectivity index (χ2n) is 5.13. The number of aliphatic imine (C=N–C) groups is 1. The second kappa shape index (κ2) is 6.92. The van der Waals surface area contributed by atoms with Gasteiger partial charge in [0.15, 0.2) is 0 Å². The number of benzene rings is 1. The molecule has 1 fully saturated rings. The second-order valence-corrected chi connectivity index (χ2v) is 5.67. The van der Waals surface area contributed by atoms with Crippen LogP contribution in [0.25, 0.3) is 0 Å². The van der Waals surface area contributed by atoms with Gasteiger partial charge in [-0.1, -0.05) is 0 Å². The van der Waals surface area contributed by atoms with E-state index in [1.807, 2.05) is 24.3 Å². The van der Waals surface area contributed by atoms with Gasteiger partial charge in [0.25, 0.3) is 0 Å². The van der Waals surface area contributed by atoms with Crippen LogP contribution in [0, 0.1) is 11.8 Å². The first kappa shape index (κ1) is 15.1. The molecular formula is C14H19IN4O. The summed E-state index contributed by atoms with van der Waals surface area (Å²) in [6.07, 6.45) is 3.40. The summed E-state index contributed by atoms with van der Waals surface area (Å²) in [6, 6.07) is 7.79. The van der Waals surface area contributed by atoms with E-state index in [1.54, 1.807) is 0 Å². The van der Waals surface area contributed by atoms with Crippen molar-refractivity contribution in [1.82, 2.24) is 0 Å². The van der Waals surface area contributed by atoms with Gasteiger partial charge < -0.3 is 15.0 Å². The summed E-state index contributed by atoms with van der Waals surface area (Å²) in [5.74, 6) is 0.727. The summed E-state index contributed by atoms with van der Waals surface area (Å²) in [4.78, 5) is 15.6. The standard InChI is InChI=1S/C14H19IN4O/c15-19-12-7-5-11(6-8-12)18-13(16)9-1-3-10(4-2-9)14(17)20/h5-10,19H,1-4H2,(H2,16,18)(H2,17,20). The fraction of sp³-hybridized carbons (Fsp3) is 0.429. The molecule has 0 unspecified atom stereocenters. The van der Waals surface area contributed by atoms with Crippen LogP contribution in [0.3, 0.4) is 0 Å². The summed E-state index contributed by atoms with van der Waals surface area (Å²) >= 11 is 2.08. The van der Waals surface area contributed by atoms with Crippen LogP contribution in [0.4, 0.5) is 11.4 Å². The zero-order valence-corrected chi connectivity index (χ0v) is 13.3. The van der Waals surface area contributed by atoms with Gasteiger partial charge in [0.2, 0.25) is 5.91 Å². The molecule has 1 aromatic carbocycles. The maximum atomic E-state index is 11.1. The van der Waals surface area contributed by atoms with E-state index in [4.69, 9.17) is 11.5 Å². The van der Waals surface area contributed by atoms with Crippen LogP contribution in [0.15, 0.2) is 29.3 Å². The lowest BCUT2D eigenvalue weighted by molar-refractivity contribution is -0.122. The van der Waals surface area contributed by atoms with Gasteiger partial charge in [0, 0.05) is 17.5 Å². The van der Waals surface area contributed by atoms with Crippen LogP contribution < -0.4 is 15.0 Å². The Labute approximate surface area is 132 Å². The number of rotatable bonds is 4. The lowest BCUT2D eigenvalue weighted by atomic mass is 9.81. The molecule has 6 heteroatoms. The number of amides is 1. The van der Waals surface area contributed by atoms with Crippen molar-refractivity contribution in [1.29, 1.82) is 0 Å². The molecule has 0 atom stereocenters. The Balaban J connectivity index is 1.98. The Morgan fingerprint density at radius 3 is 2.15 bits per heavy atom. The van der Waals surface area contributed by atoms with E-state index in [2.05, 4.69) is 31.4 Å². The molecule has 0 spiro atoms. The number of anilines is 1. The molecule has 0 saturated heterocycles. The van der Waals surface area contributed by atoms with Gasteiger partial charge >= 0.3 is 0 Å². The van der Waals surface area contributed by atoms with Crippen molar-refractivity contribution in [3.63, 3.8) is 0 Å². The molecule has 1 aliphatic rings. The molecule has 0 aromatic heterocycles. The Morgan fingerprint density at radius 1 is 1.10 bits per heavy atom. The molecule has 20 heavy (non-hydrogen) atoms. The predicted molar refractivity (Wildman–Crippen MR) is 90.0 cm³/mol. The number of carbonyl (C=O) groups excluding carboxylic acids is 1. The van der Waals surface area contributed by atoms with E-state index in [1.165, 1.54) is 0 Å². The first-order valence-corrected chi connectivity index (χ1v) is 7.78. The fourth-order valence-corrected chi connectivity index (χ4v) is 2.87. The minimum atomic E-state index is -0.194. The van der Waals surface area contributed by atoms with E-state index < -0.39 is 0 Å². The third kappa shape index (κ3) is 3.84. The molecule has 1 aromatic rings. The van der Waals surface area contributed by atoms with Crippen molar-refractivity contribution >= 4 is 46.0 Å². The number of nitrogens with one attached hydrogen (secondary N) is 1. The predicted octanol–water partition coefficient (Wildman–Crippen LogP) is 2.73. The number of hydrogen-bond donors (Lipinski definition) is 3. The van der Waals surface area contributed by atoms with E-state index >= 15 is 0 Å². The minimum Gasteiger partial charge on any atom is -0.387 e. The van der Waals surface area contributed by atoms with Crippen molar-refractivity contribution in [3.8, 4) is 0 Å². The monoisotopic (exact) mass is 386 g/mol. The summed E-state index contributed by atoms with van der Waals surface area (Å²) < 4.78 is 3.03. The van der Waals surface area contributed by atoms with E-state index in [0.717, 1.165) is 37.1 Å². The Bertz CT molecular complexity index is 492. The minimum absolute atomic E-state index is 0.00746. The lowest BCUT2D eigenvalue weighted by Crippen LogP contribution is -2.32. The highest BCUT2D eigenvalue weighted by Gasteiger charge is 2.26. The van der Waals surface area contributed by atoms with Crippen molar-refractivity contribution in [2.24, 2.45) is 28.3 Å². The number of amidine groups is 1. The molecule has 108 valence electrons. The first-order chi connectivity index (χ1) is 9.60. The number of nitrogens with two attached hydrogens (primary N) is 2. The molecule has 1 amide bonds. The van der Waals surface area contributed by atoms with Gasteiger partial charge in [-0.25, -0.2) is 4.99 Å². The van der Waals surface area contributed by atoms with Gasteiger partial charge in [-0.2, -0.15) is 0 Å². The molecule has 0 bridgehead atoms. The maximum absolute atomic E-state index is 11.1. The highest BCUT2D eigenvalue weighted by molar-refractivity contribution is 14.1. The van der Waals surface area contributed by atoms with E-state index in [-0.39, 0.29) is 17.7 Å². The average molecular weight is 386 g/mol. The zero-order chi connectivity index (χ0) is 14.5. The maximum Gasteiger partial charge on any atom is 0.220 e. The summed E-state index contributed by atoms with van der Waals surface area (Å²) in [6.45, 7) is 0. The number of nitrogens with zero attached hydrogens (tertiary/aromatic N) is 1. The quantitative estimate of drug-likeness (QED) is 0.322. The summed E-state index contributed by atoms with van der Waals surface area (Å²) in [5, 5.41) is 0. The van der Waals surface area contributed by atoms with Crippen molar-refractivity contribution in [2.45, 2.75) is 25.7 Å². The Morgan fingerprint density at radius 2 is 1.65 bits per heavy atom. The molecule has 0 aliphatic heterocycles. The van der Waals surface area contributed by atoms with Crippen molar-refractivity contribution < 1.29 is 4.79 Å². The molecule has 1 saturated carbocycles. The van der Waals surface area contributed by atoms with Gasteiger partial charge in [-0.15, -0.1) is 0 Å². The van der Waals surface area contributed by atoms with E-state index in [0.29, 0.717) is 5.84 Å². The third-order valence-corrected chi connectivity index (χ3v) is 4.41. The number of primary amides is 1. The molecule has 5 nitrogen and oxygen atoms in total. The molecule has 5 N–H and O–H groups in total. The molecular weight excluding hydrogens is 367 g/mol. The molecule has 0 heterocycles. The highest BCUT2D eigenvalue weighted by atomic mass is 127. The van der Waals surface area contributed by atoms with Crippen molar-refractivity contribution in [2.75, 3.05) is 3.53 Å². The number of hydrogen-bond acceptors (Lipinski definition) is 3. The Kier molecular flexibility index (Phi) is 5.22. The average Bonchev–Trinajstić information content (AvgIpc) is 2.48. The lowest BCUT2D eigenvalue weighted by Gasteiger charge is -2.26. The third-order valence-electron chi connectivity index (χ3n) is 3.78. The van der Waals surface area contributed by atoms with Crippen LogP contribution in [0.2, 0.25) is 0 Å². The normalized spacial score (nSPS) is 23.4. The summed E-state index contributed by atoms with van der Waals surface area (Å²) in [5.41, 5.74) is 13.3. The largest absolute Gasteiger partial charge is 0.387 e. The smallest absolute Gasteiger partial charge is 0.220 e. The fourth-order valence-electron chi connectivity index (χ4n) is 2.51. The number of halogens is 1. The molecule has 0 radical (unpaired) electrons. The molecule has 1 aliphatic carbocycles. The van der Waals surface area contributed by atoms with Gasteiger partial charge in [0.1, 0.15) is 5.84 Å². The van der Waals surface area contributed by atoms with Crippen LogP contribution in [0.5, 0.6) is 0 Å². The van der Waals surface area contributed by atoms with Crippen LogP contribution >= 0.6 is 22.9 Å². The zero-order valence-electron chi connectivity index (χ0n) is 11.2. The van der Waals surface area contributed by atoms with Crippen LogP contribution in [-0.2, 0) is 4.79 Å². The number of carbonyl (C=O) groups is 1. The first-order valence-electron chi connectivity index (χ1n) is 6.70. The summed E-state index contributed by atoms with van der Waals surface area (Å²) in [7, 11) is 0. The van der Waals surface area contributed by atoms with Crippen LogP contribution in [0.1, 0.15) is 25.7 Å². The Hall–Kier alpha value is -1.31. The van der Waals surface area contributed by atoms with Gasteiger partial charge in [-0.05, 0) is 49.9 Å². The van der Waals surface area contributed by atoms with Crippen molar-refractivity contribution in [3.05, 3.63) is 24.3 Å². The SMILES string of the molecule is NC(=O)C1CCC(C(N)=Nc2ccc(NI)cc2)CC1. The van der Waals surface area contributed by atoms with Gasteiger partial charge in [0.05, 0.1) is 28.6 Å². The highest BCUT2D eigenvalue weighted by Crippen LogP contribution is 2.29. The topological polar surface area (TPSA) is 93.5 Å².